The van der Waals surface area contributed by atoms with Gasteiger partial charge in [0.25, 0.3) is 0 Å². The zero-order chi connectivity index (χ0) is 16.9. The third kappa shape index (κ3) is 9.98. The minimum Gasteiger partial charge on any atom is -0.396 e. The molecule has 2 atom stereocenters. The second-order valence-corrected chi connectivity index (χ2v) is 7.07. The Kier molecular flexibility index (Phi) is 11.3. The van der Waals surface area contributed by atoms with Gasteiger partial charge in [0.2, 0.25) is 5.91 Å². The van der Waals surface area contributed by atoms with E-state index in [2.05, 4.69) is 0 Å². The topological polar surface area (TPSA) is 49.8 Å². The van der Waals surface area contributed by atoms with E-state index in [1.807, 2.05) is 18.7 Å². The Labute approximate surface area is 142 Å². The second-order valence-electron chi connectivity index (χ2n) is 7.07. The Bertz CT molecular complexity index is 299. The van der Waals surface area contributed by atoms with Gasteiger partial charge in [0.1, 0.15) is 0 Å². The van der Waals surface area contributed by atoms with Gasteiger partial charge in [-0.05, 0) is 26.7 Å². The normalized spacial score (nSPS) is 21.6. The van der Waals surface area contributed by atoms with Crippen molar-refractivity contribution >= 4 is 5.91 Å². The van der Waals surface area contributed by atoms with Crippen molar-refractivity contribution in [2.24, 2.45) is 0 Å². The molecule has 0 aromatic rings. The van der Waals surface area contributed by atoms with Gasteiger partial charge in [-0.3, -0.25) is 4.79 Å². The number of amides is 1. The van der Waals surface area contributed by atoms with E-state index in [9.17, 15) is 4.79 Å². The van der Waals surface area contributed by atoms with Crippen molar-refractivity contribution in [3.63, 3.8) is 0 Å². The maximum absolute atomic E-state index is 12.2. The number of carbonyl (C=O) groups is 1. The van der Waals surface area contributed by atoms with E-state index < -0.39 is 0 Å². The lowest BCUT2D eigenvalue weighted by Gasteiger charge is -2.35. The molecule has 0 saturated carbocycles. The zero-order valence-corrected chi connectivity index (χ0v) is 15.3. The molecule has 0 radical (unpaired) electrons. The minimum absolute atomic E-state index is 0.167. The highest BCUT2D eigenvalue weighted by Gasteiger charge is 2.25. The van der Waals surface area contributed by atoms with Crippen LogP contribution in [0.2, 0.25) is 0 Å². The lowest BCUT2D eigenvalue weighted by Crippen LogP contribution is -2.48. The number of aliphatic hydroxyl groups is 1. The summed E-state index contributed by atoms with van der Waals surface area (Å²) in [5.74, 6) is 0.302. The van der Waals surface area contributed by atoms with Crippen molar-refractivity contribution in [1.29, 1.82) is 0 Å². The van der Waals surface area contributed by atoms with Crippen LogP contribution in [0.5, 0.6) is 0 Å². The fourth-order valence-electron chi connectivity index (χ4n) is 3.34. The van der Waals surface area contributed by atoms with Crippen LogP contribution in [0.3, 0.4) is 0 Å². The molecule has 1 heterocycles. The molecule has 4 nitrogen and oxygen atoms in total. The van der Waals surface area contributed by atoms with Gasteiger partial charge in [-0.25, -0.2) is 0 Å². The van der Waals surface area contributed by atoms with Crippen LogP contribution in [-0.2, 0) is 9.53 Å². The molecular formula is C19H37NO3. The number of rotatable bonds is 12. The van der Waals surface area contributed by atoms with Gasteiger partial charge in [0, 0.05) is 26.1 Å². The fourth-order valence-corrected chi connectivity index (χ4v) is 3.34. The molecule has 1 saturated heterocycles. The van der Waals surface area contributed by atoms with Crippen LogP contribution in [0.1, 0.15) is 84.5 Å². The summed E-state index contributed by atoms with van der Waals surface area (Å²) in [5, 5.41) is 8.70. The smallest absolute Gasteiger partial charge is 0.222 e. The molecule has 0 aromatic carbocycles. The van der Waals surface area contributed by atoms with Crippen LogP contribution in [0.4, 0.5) is 0 Å². The van der Waals surface area contributed by atoms with E-state index in [-0.39, 0.29) is 12.2 Å². The summed E-state index contributed by atoms with van der Waals surface area (Å²) >= 11 is 0. The SMILES string of the molecule is CC1CN(C(=O)CCCCCCCCCCCCO)CC(C)O1. The summed E-state index contributed by atoms with van der Waals surface area (Å²) < 4.78 is 5.67. The number of morpholine rings is 1. The Balaban J connectivity index is 1.91. The van der Waals surface area contributed by atoms with Crippen LogP contribution < -0.4 is 0 Å². The quantitative estimate of drug-likeness (QED) is 0.553. The van der Waals surface area contributed by atoms with E-state index in [0.717, 1.165) is 32.4 Å². The van der Waals surface area contributed by atoms with Gasteiger partial charge in [-0.1, -0.05) is 51.4 Å². The first-order valence-corrected chi connectivity index (χ1v) is 9.67. The molecule has 1 rings (SSSR count). The highest BCUT2D eigenvalue weighted by atomic mass is 16.5. The number of hydrogen-bond acceptors (Lipinski definition) is 3. The van der Waals surface area contributed by atoms with Crippen molar-refractivity contribution in [2.75, 3.05) is 19.7 Å². The van der Waals surface area contributed by atoms with Gasteiger partial charge in [0.05, 0.1) is 12.2 Å². The van der Waals surface area contributed by atoms with Crippen molar-refractivity contribution in [3.05, 3.63) is 0 Å². The molecule has 1 aliphatic rings. The van der Waals surface area contributed by atoms with Crippen LogP contribution in [0.15, 0.2) is 0 Å². The van der Waals surface area contributed by atoms with Gasteiger partial charge in [0.15, 0.2) is 0 Å². The van der Waals surface area contributed by atoms with Gasteiger partial charge >= 0.3 is 0 Å². The molecule has 1 aliphatic heterocycles. The van der Waals surface area contributed by atoms with E-state index in [4.69, 9.17) is 9.84 Å². The molecule has 0 bridgehead atoms. The van der Waals surface area contributed by atoms with Crippen LogP contribution in [0, 0.1) is 0 Å². The summed E-state index contributed by atoms with van der Waals surface area (Å²) in [5.41, 5.74) is 0. The number of ether oxygens (including phenoxy) is 1. The maximum atomic E-state index is 12.2. The Hall–Kier alpha value is -0.610. The molecule has 4 heteroatoms. The first-order valence-electron chi connectivity index (χ1n) is 9.67. The largest absolute Gasteiger partial charge is 0.396 e. The standard InChI is InChI=1S/C19H37NO3/c1-17-15-20(16-18(2)23-17)19(22)13-11-9-7-5-3-4-6-8-10-12-14-21/h17-18,21H,3-16H2,1-2H3. The van der Waals surface area contributed by atoms with E-state index in [1.54, 1.807) is 0 Å². The van der Waals surface area contributed by atoms with Crippen molar-refractivity contribution in [1.82, 2.24) is 4.90 Å². The molecule has 2 unspecified atom stereocenters. The molecule has 0 aromatic heterocycles. The first-order chi connectivity index (χ1) is 11.1. The molecule has 23 heavy (non-hydrogen) atoms. The summed E-state index contributed by atoms with van der Waals surface area (Å²) in [4.78, 5) is 14.2. The van der Waals surface area contributed by atoms with Crippen LogP contribution >= 0.6 is 0 Å². The number of aliphatic hydroxyl groups excluding tert-OH is 1. The lowest BCUT2D eigenvalue weighted by molar-refractivity contribution is -0.143. The molecule has 136 valence electrons. The van der Waals surface area contributed by atoms with Crippen LogP contribution in [-0.4, -0.2) is 47.8 Å². The molecule has 1 N–H and O–H groups in total. The lowest BCUT2D eigenvalue weighted by atomic mass is 10.1. The van der Waals surface area contributed by atoms with Gasteiger partial charge < -0.3 is 14.7 Å². The summed E-state index contributed by atoms with van der Waals surface area (Å²) in [7, 11) is 0. The first kappa shape index (κ1) is 20.4. The molecule has 1 fully saturated rings. The predicted molar refractivity (Wildman–Crippen MR) is 94.5 cm³/mol. The predicted octanol–water partition coefficient (Wildman–Crippen LogP) is 3.91. The summed E-state index contributed by atoms with van der Waals surface area (Å²) in [6.45, 7) is 5.92. The Morgan fingerprint density at radius 3 is 1.78 bits per heavy atom. The molecule has 1 amide bonds. The average molecular weight is 328 g/mol. The second kappa shape index (κ2) is 12.8. The van der Waals surface area contributed by atoms with E-state index in [0.29, 0.717) is 18.9 Å². The van der Waals surface area contributed by atoms with E-state index >= 15 is 0 Å². The monoisotopic (exact) mass is 327 g/mol. The number of nitrogens with zero attached hydrogens (tertiary/aromatic N) is 1. The third-order valence-electron chi connectivity index (χ3n) is 4.57. The van der Waals surface area contributed by atoms with Crippen molar-refractivity contribution < 1.29 is 14.6 Å². The Morgan fingerprint density at radius 1 is 0.870 bits per heavy atom. The number of carbonyl (C=O) groups excluding carboxylic acids is 1. The van der Waals surface area contributed by atoms with Gasteiger partial charge in [-0.15, -0.1) is 0 Å². The highest BCUT2D eigenvalue weighted by Crippen LogP contribution is 2.15. The summed E-state index contributed by atoms with van der Waals surface area (Å²) in [6, 6.07) is 0. The van der Waals surface area contributed by atoms with Gasteiger partial charge in [-0.2, -0.15) is 0 Å². The fraction of sp³-hybridized carbons (Fsp3) is 0.947. The van der Waals surface area contributed by atoms with Crippen LogP contribution in [0.25, 0.3) is 0 Å². The minimum atomic E-state index is 0.167. The molecular weight excluding hydrogens is 290 g/mol. The zero-order valence-electron chi connectivity index (χ0n) is 15.3. The summed E-state index contributed by atoms with van der Waals surface area (Å²) in [6.07, 6.45) is 13.1. The number of unbranched alkanes of at least 4 members (excludes halogenated alkanes) is 9. The third-order valence-corrected chi connectivity index (χ3v) is 4.57. The average Bonchev–Trinajstić information content (AvgIpc) is 2.51. The van der Waals surface area contributed by atoms with E-state index in [1.165, 1.54) is 44.9 Å². The molecule has 0 aliphatic carbocycles. The maximum Gasteiger partial charge on any atom is 0.222 e. The number of hydrogen-bond donors (Lipinski definition) is 1. The molecule has 0 spiro atoms. The Morgan fingerprint density at radius 2 is 1.30 bits per heavy atom. The highest BCUT2D eigenvalue weighted by molar-refractivity contribution is 5.76. The van der Waals surface area contributed by atoms with Crippen molar-refractivity contribution in [3.8, 4) is 0 Å². The van der Waals surface area contributed by atoms with Crippen molar-refractivity contribution in [2.45, 2.75) is 96.7 Å².